The summed E-state index contributed by atoms with van der Waals surface area (Å²) in [6, 6.07) is 8.34. The molecule has 3 rings (SSSR count). The SMILES string of the molecule is CCOc1ccc(N2C(=O)C(C)CS2(=O)=O)cc1S(=O)(=O)Nc1cc(OC)ccc1OC. The molecule has 1 fully saturated rings. The second-order valence-corrected chi connectivity index (χ2v) is 10.5. The zero-order valence-electron chi connectivity index (χ0n) is 18.0. The Bertz CT molecular complexity index is 1240. The Hall–Kier alpha value is -2.99. The van der Waals surface area contributed by atoms with Crippen molar-refractivity contribution in [3.63, 3.8) is 0 Å². The fourth-order valence-electron chi connectivity index (χ4n) is 3.29. The molecule has 1 amide bonds. The Morgan fingerprint density at radius 1 is 1.09 bits per heavy atom. The number of hydrogen-bond donors (Lipinski definition) is 1. The number of rotatable bonds is 8. The maximum Gasteiger partial charge on any atom is 0.265 e. The molecule has 1 atom stereocenters. The smallest absolute Gasteiger partial charge is 0.265 e. The highest BCUT2D eigenvalue weighted by Crippen LogP contribution is 2.36. The molecule has 10 nitrogen and oxygen atoms in total. The van der Waals surface area contributed by atoms with E-state index in [4.69, 9.17) is 14.2 Å². The minimum Gasteiger partial charge on any atom is -0.497 e. The topological polar surface area (TPSA) is 128 Å². The van der Waals surface area contributed by atoms with Crippen LogP contribution in [-0.2, 0) is 24.8 Å². The number of carbonyl (C=O) groups is 1. The maximum absolute atomic E-state index is 13.3. The number of amides is 1. The average molecular weight is 485 g/mol. The number of hydrogen-bond acceptors (Lipinski definition) is 8. The zero-order chi connectivity index (χ0) is 23.7. The molecule has 1 saturated heterocycles. The van der Waals surface area contributed by atoms with Crippen LogP contribution in [0.1, 0.15) is 13.8 Å². The van der Waals surface area contributed by atoms with Gasteiger partial charge in [0.1, 0.15) is 22.1 Å². The molecule has 2 aromatic carbocycles. The first-order valence-electron chi connectivity index (χ1n) is 9.62. The molecule has 0 radical (unpaired) electrons. The van der Waals surface area contributed by atoms with Gasteiger partial charge in [-0.15, -0.1) is 0 Å². The van der Waals surface area contributed by atoms with Crippen LogP contribution in [0.15, 0.2) is 41.3 Å². The fraction of sp³-hybridized carbons (Fsp3) is 0.350. The minimum atomic E-state index is -4.29. The summed E-state index contributed by atoms with van der Waals surface area (Å²) in [5.41, 5.74) is 0.0268. The third-order valence-corrected chi connectivity index (χ3v) is 8.02. The third-order valence-electron chi connectivity index (χ3n) is 4.76. The summed E-state index contributed by atoms with van der Waals surface area (Å²) >= 11 is 0. The van der Waals surface area contributed by atoms with E-state index < -0.39 is 31.9 Å². The Labute approximate surface area is 187 Å². The molecule has 1 aliphatic heterocycles. The molecule has 32 heavy (non-hydrogen) atoms. The van der Waals surface area contributed by atoms with Crippen LogP contribution in [0, 0.1) is 5.92 Å². The van der Waals surface area contributed by atoms with E-state index in [1.54, 1.807) is 13.0 Å². The Kier molecular flexibility index (Phi) is 6.56. The van der Waals surface area contributed by atoms with E-state index in [0.717, 1.165) is 6.07 Å². The van der Waals surface area contributed by atoms with Crippen molar-refractivity contribution < 1.29 is 35.8 Å². The van der Waals surface area contributed by atoms with Gasteiger partial charge in [0, 0.05) is 6.07 Å². The van der Waals surface area contributed by atoms with Gasteiger partial charge in [0.2, 0.25) is 15.9 Å². The number of anilines is 2. The van der Waals surface area contributed by atoms with E-state index in [9.17, 15) is 21.6 Å². The van der Waals surface area contributed by atoms with Crippen molar-refractivity contribution in [2.45, 2.75) is 18.7 Å². The highest BCUT2D eigenvalue weighted by molar-refractivity contribution is 7.94. The number of benzene rings is 2. The molecule has 0 aromatic heterocycles. The van der Waals surface area contributed by atoms with Gasteiger partial charge in [0.15, 0.2) is 0 Å². The minimum absolute atomic E-state index is 0.00250. The summed E-state index contributed by atoms with van der Waals surface area (Å²) in [5, 5.41) is 0. The van der Waals surface area contributed by atoms with Gasteiger partial charge in [-0.3, -0.25) is 9.52 Å². The first-order chi connectivity index (χ1) is 15.0. The van der Waals surface area contributed by atoms with Gasteiger partial charge in [-0.05, 0) is 37.3 Å². The Morgan fingerprint density at radius 3 is 2.34 bits per heavy atom. The zero-order valence-corrected chi connectivity index (χ0v) is 19.6. The van der Waals surface area contributed by atoms with Crippen molar-refractivity contribution in [3.05, 3.63) is 36.4 Å². The van der Waals surface area contributed by atoms with Crippen LogP contribution in [0.25, 0.3) is 0 Å². The van der Waals surface area contributed by atoms with Crippen LogP contribution in [0.4, 0.5) is 11.4 Å². The van der Waals surface area contributed by atoms with Crippen LogP contribution in [0.5, 0.6) is 17.2 Å². The lowest BCUT2D eigenvalue weighted by Crippen LogP contribution is -2.30. The summed E-state index contributed by atoms with van der Waals surface area (Å²) in [4.78, 5) is 12.1. The molecule has 0 aliphatic carbocycles. The van der Waals surface area contributed by atoms with Crippen LogP contribution < -0.4 is 23.2 Å². The fourth-order valence-corrected chi connectivity index (χ4v) is 6.33. The largest absolute Gasteiger partial charge is 0.497 e. The number of nitrogens with one attached hydrogen (secondary N) is 1. The maximum atomic E-state index is 13.3. The third kappa shape index (κ3) is 4.46. The molecule has 12 heteroatoms. The van der Waals surface area contributed by atoms with E-state index in [1.165, 1.54) is 45.4 Å². The summed E-state index contributed by atoms with van der Waals surface area (Å²) in [6.45, 7) is 3.35. The molecular formula is C20H24N2O8S2. The van der Waals surface area contributed by atoms with Crippen LogP contribution in [0.3, 0.4) is 0 Å². The first kappa shape index (κ1) is 23.7. The molecule has 0 spiro atoms. The van der Waals surface area contributed by atoms with Gasteiger partial charge in [0.25, 0.3) is 10.0 Å². The number of methoxy groups -OCH3 is 2. The molecule has 0 saturated carbocycles. The lowest BCUT2D eigenvalue weighted by molar-refractivity contribution is -0.119. The van der Waals surface area contributed by atoms with Gasteiger partial charge >= 0.3 is 0 Å². The predicted molar refractivity (Wildman–Crippen MR) is 118 cm³/mol. The van der Waals surface area contributed by atoms with Gasteiger partial charge in [-0.2, -0.15) is 0 Å². The van der Waals surface area contributed by atoms with E-state index in [0.29, 0.717) is 10.1 Å². The van der Waals surface area contributed by atoms with Crippen molar-refractivity contribution >= 4 is 37.3 Å². The van der Waals surface area contributed by atoms with Gasteiger partial charge < -0.3 is 14.2 Å². The summed E-state index contributed by atoms with van der Waals surface area (Å²) in [7, 11) is -5.38. The van der Waals surface area contributed by atoms with E-state index in [2.05, 4.69) is 4.72 Å². The van der Waals surface area contributed by atoms with Gasteiger partial charge in [0.05, 0.1) is 43.9 Å². The van der Waals surface area contributed by atoms with Gasteiger partial charge in [-0.1, -0.05) is 6.92 Å². The standard InChI is InChI=1S/C20H24N2O8S2/c1-5-30-18-8-6-14(22-20(23)13(2)12-31(22,24)25)10-19(18)32(26,27)21-16-11-15(28-3)7-9-17(16)29-4/h6-11,13,21H,5,12H2,1-4H3. The molecule has 1 heterocycles. The molecule has 2 aromatic rings. The number of carbonyl (C=O) groups excluding carboxylic acids is 1. The molecular weight excluding hydrogens is 460 g/mol. The van der Waals surface area contributed by atoms with Crippen molar-refractivity contribution in [2.24, 2.45) is 5.92 Å². The Morgan fingerprint density at radius 2 is 1.78 bits per heavy atom. The van der Waals surface area contributed by atoms with Crippen LogP contribution >= 0.6 is 0 Å². The number of sulfonamides is 2. The van der Waals surface area contributed by atoms with Crippen molar-refractivity contribution in [1.29, 1.82) is 0 Å². The number of ether oxygens (including phenoxy) is 3. The van der Waals surface area contributed by atoms with Crippen molar-refractivity contribution in [1.82, 2.24) is 0 Å². The molecule has 1 aliphatic rings. The summed E-state index contributed by atoms with van der Waals surface area (Å²) in [6.07, 6.45) is 0. The summed E-state index contributed by atoms with van der Waals surface area (Å²) < 4.78 is 70.4. The highest BCUT2D eigenvalue weighted by Gasteiger charge is 2.42. The highest BCUT2D eigenvalue weighted by atomic mass is 32.2. The van der Waals surface area contributed by atoms with E-state index in [1.807, 2.05) is 0 Å². The van der Waals surface area contributed by atoms with Crippen LogP contribution in [-0.4, -0.2) is 49.3 Å². The second-order valence-electron chi connectivity index (χ2n) is 7.02. The van der Waals surface area contributed by atoms with E-state index in [-0.39, 0.29) is 40.1 Å². The monoisotopic (exact) mass is 484 g/mol. The van der Waals surface area contributed by atoms with Crippen molar-refractivity contribution in [3.8, 4) is 17.2 Å². The quantitative estimate of drug-likeness (QED) is 0.604. The number of nitrogens with zero attached hydrogens (tertiary/aromatic N) is 1. The van der Waals surface area contributed by atoms with Crippen molar-refractivity contribution in [2.75, 3.05) is 35.6 Å². The first-order valence-corrected chi connectivity index (χ1v) is 12.7. The average Bonchev–Trinajstić information content (AvgIpc) is 2.94. The lowest BCUT2D eigenvalue weighted by atomic mass is 10.2. The van der Waals surface area contributed by atoms with Gasteiger partial charge in [-0.25, -0.2) is 21.1 Å². The molecule has 1 unspecified atom stereocenters. The molecule has 1 N–H and O–H groups in total. The second kappa shape index (κ2) is 8.87. The Balaban J connectivity index is 2.11. The normalized spacial score (nSPS) is 17.8. The van der Waals surface area contributed by atoms with E-state index >= 15 is 0 Å². The molecule has 0 bridgehead atoms. The predicted octanol–water partition coefficient (Wildman–Crippen LogP) is 2.22. The van der Waals surface area contributed by atoms with Crippen LogP contribution in [0.2, 0.25) is 0 Å². The molecule has 174 valence electrons. The summed E-state index contributed by atoms with van der Waals surface area (Å²) in [5.74, 6) is -1.06. The lowest BCUT2D eigenvalue weighted by Gasteiger charge is -2.19.